The van der Waals surface area contributed by atoms with Crippen molar-refractivity contribution >= 4 is 13.7 Å². The van der Waals surface area contributed by atoms with E-state index in [4.69, 9.17) is 31.4 Å². The van der Waals surface area contributed by atoms with E-state index in [-0.39, 0.29) is 12.2 Å². The van der Waals surface area contributed by atoms with E-state index >= 15 is 0 Å². The summed E-state index contributed by atoms with van der Waals surface area (Å²) < 4.78 is 28.2. The second kappa shape index (κ2) is 9.39. The molecular formula is C16H22N2O8P+. The Kier molecular flexibility index (Phi) is 7.47. The Hall–Kier alpha value is -1.83. The van der Waals surface area contributed by atoms with Crippen LogP contribution < -0.4 is 10.3 Å². The van der Waals surface area contributed by atoms with Crippen LogP contribution in [0.2, 0.25) is 0 Å². The molecule has 1 aliphatic rings. The first-order valence-corrected chi connectivity index (χ1v) is 9.65. The Bertz CT molecular complexity index is 746. The van der Waals surface area contributed by atoms with Crippen molar-refractivity contribution in [3.8, 4) is 12.3 Å². The fourth-order valence-electron chi connectivity index (χ4n) is 2.67. The summed E-state index contributed by atoms with van der Waals surface area (Å²) >= 11 is 0. The number of hydrogen-bond donors (Lipinski definition) is 4. The minimum atomic E-state index is -4.73. The SMILES string of the molecule is C#CCCCO[C@H]1[C@@H](O)[C@H]([n+]2cccc(C(N)=O)c2)O[C@@H]1COP(=O)(O)O. The molecule has 0 bridgehead atoms. The predicted molar refractivity (Wildman–Crippen MR) is 90.9 cm³/mol. The van der Waals surface area contributed by atoms with Gasteiger partial charge in [0.05, 0.1) is 6.61 Å². The third-order valence-electron chi connectivity index (χ3n) is 3.89. The monoisotopic (exact) mass is 401 g/mol. The van der Waals surface area contributed by atoms with Crippen LogP contribution in [0.3, 0.4) is 0 Å². The summed E-state index contributed by atoms with van der Waals surface area (Å²) in [5.41, 5.74) is 5.46. The zero-order valence-electron chi connectivity index (χ0n) is 14.4. The van der Waals surface area contributed by atoms with E-state index in [9.17, 15) is 14.5 Å². The van der Waals surface area contributed by atoms with E-state index < -0.39 is 44.9 Å². The molecule has 0 spiro atoms. The molecule has 1 amide bonds. The second-order valence-corrected chi connectivity index (χ2v) is 7.13. The van der Waals surface area contributed by atoms with Gasteiger partial charge in [0.15, 0.2) is 18.5 Å². The lowest BCUT2D eigenvalue weighted by atomic mass is 10.1. The number of amides is 1. The third-order valence-corrected chi connectivity index (χ3v) is 4.38. The smallest absolute Gasteiger partial charge is 0.381 e. The molecule has 5 N–H and O–H groups in total. The molecule has 1 saturated heterocycles. The highest BCUT2D eigenvalue weighted by atomic mass is 31.2. The summed E-state index contributed by atoms with van der Waals surface area (Å²) in [7, 11) is -4.73. The topological polar surface area (TPSA) is 152 Å². The molecular weight excluding hydrogens is 379 g/mol. The number of aromatic nitrogens is 1. The summed E-state index contributed by atoms with van der Waals surface area (Å²) in [6, 6.07) is 3.06. The highest BCUT2D eigenvalue weighted by Crippen LogP contribution is 2.38. The summed E-state index contributed by atoms with van der Waals surface area (Å²) in [5.74, 6) is 1.81. The van der Waals surface area contributed by atoms with Crippen molar-refractivity contribution in [3.05, 3.63) is 30.1 Å². The number of phosphoric ester groups is 1. The molecule has 1 aromatic heterocycles. The molecule has 0 saturated carbocycles. The minimum absolute atomic E-state index is 0.203. The number of ether oxygens (including phenoxy) is 2. The van der Waals surface area contributed by atoms with Crippen molar-refractivity contribution in [3.63, 3.8) is 0 Å². The maximum Gasteiger partial charge on any atom is 0.469 e. The summed E-state index contributed by atoms with van der Waals surface area (Å²) in [5, 5.41) is 10.6. The fourth-order valence-corrected chi connectivity index (χ4v) is 3.01. The van der Waals surface area contributed by atoms with Crippen LogP contribution in [-0.4, -0.2) is 52.3 Å². The normalized spacial score (nSPS) is 25.3. The molecule has 148 valence electrons. The van der Waals surface area contributed by atoms with Gasteiger partial charge in [-0.15, -0.1) is 12.3 Å². The highest BCUT2D eigenvalue weighted by Gasteiger charge is 2.50. The molecule has 0 unspecified atom stereocenters. The van der Waals surface area contributed by atoms with Crippen molar-refractivity contribution in [1.29, 1.82) is 0 Å². The molecule has 1 aromatic rings. The van der Waals surface area contributed by atoms with Gasteiger partial charge in [-0.3, -0.25) is 9.32 Å². The van der Waals surface area contributed by atoms with Crippen molar-refractivity contribution in [2.75, 3.05) is 13.2 Å². The molecule has 0 aliphatic carbocycles. The van der Waals surface area contributed by atoms with E-state index in [1.165, 1.54) is 16.8 Å². The van der Waals surface area contributed by atoms with Crippen LogP contribution in [0.5, 0.6) is 0 Å². The van der Waals surface area contributed by atoms with Crippen molar-refractivity contribution in [2.24, 2.45) is 5.73 Å². The largest absolute Gasteiger partial charge is 0.469 e. The van der Waals surface area contributed by atoms with Crippen molar-refractivity contribution < 1.29 is 42.8 Å². The van der Waals surface area contributed by atoms with E-state index in [0.29, 0.717) is 12.8 Å². The van der Waals surface area contributed by atoms with Gasteiger partial charge in [0, 0.05) is 19.1 Å². The average molecular weight is 401 g/mol. The number of carbonyl (C=O) groups excluding carboxylic acids is 1. The van der Waals surface area contributed by atoms with Crippen LogP contribution in [0, 0.1) is 12.3 Å². The molecule has 2 rings (SSSR count). The number of pyridine rings is 1. The number of hydrogen-bond acceptors (Lipinski definition) is 6. The van der Waals surface area contributed by atoms with Gasteiger partial charge in [-0.1, -0.05) is 0 Å². The lowest BCUT2D eigenvalue weighted by molar-refractivity contribution is -0.765. The minimum Gasteiger partial charge on any atom is -0.381 e. The van der Waals surface area contributed by atoms with Gasteiger partial charge in [-0.05, 0) is 12.5 Å². The Balaban J connectivity index is 2.17. The van der Waals surface area contributed by atoms with Crippen LogP contribution in [0.4, 0.5) is 0 Å². The molecule has 27 heavy (non-hydrogen) atoms. The number of nitrogens with two attached hydrogens (primary N) is 1. The lowest BCUT2D eigenvalue weighted by Crippen LogP contribution is -2.47. The zero-order chi connectivity index (χ0) is 20.0. The molecule has 0 radical (unpaired) electrons. The zero-order valence-corrected chi connectivity index (χ0v) is 15.3. The standard InChI is InChI=1S/C16H21N2O8P/c1-2-3-4-8-24-14-12(10-25-27(21,22)23)26-16(13(14)19)18-7-5-6-11(9-18)15(17)20/h1,5-7,9,12-14,16,19H,3-4,8,10H2,(H3-,17,20,21,22,23)/p+1/t12-,13-,14-,16-/m1/s1. The number of unbranched alkanes of at least 4 members (excludes halogenated alkanes) is 1. The van der Waals surface area contributed by atoms with Gasteiger partial charge in [0.25, 0.3) is 12.1 Å². The molecule has 11 heteroatoms. The number of aliphatic hydroxyl groups excluding tert-OH is 1. The Labute approximate surface area is 156 Å². The number of aliphatic hydroxyl groups is 1. The molecule has 4 atom stereocenters. The van der Waals surface area contributed by atoms with E-state index in [2.05, 4.69) is 10.4 Å². The molecule has 1 aliphatic heterocycles. The molecule has 0 aromatic carbocycles. The quantitative estimate of drug-likeness (QED) is 0.182. The maximum atomic E-state index is 11.4. The third kappa shape index (κ3) is 6.09. The number of phosphoric acid groups is 1. The van der Waals surface area contributed by atoms with Crippen LogP contribution in [0.15, 0.2) is 24.5 Å². The van der Waals surface area contributed by atoms with Gasteiger partial charge >= 0.3 is 7.82 Å². The number of terminal acetylenes is 1. The number of carbonyl (C=O) groups is 1. The van der Waals surface area contributed by atoms with Gasteiger partial charge in [0.2, 0.25) is 0 Å². The van der Waals surface area contributed by atoms with Gasteiger partial charge in [0.1, 0.15) is 17.8 Å². The number of primary amides is 1. The van der Waals surface area contributed by atoms with Crippen molar-refractivity contribution in [2.45, 2.75) is 37.4 Å². The van der Waals surface area contributed by atoms with Gasteiger partial charge < -0.3 is 30.1 Å². The highest BCUT2D eigenvalue weighted by molar-refractivity contribution is 7.46. The van der Waals surface area contributed by atoms with Crippen LogP contribution in [0.25, 0.3) is 0 Å². The summed E-state index contributed by atoms with van der Waals surface area (Å²) in [6.45, 7) is -0.270. The maximum absolute atomic E-state index is 11.4. The van der Waals surface area contributed by atoms with E-state index in [1.807, 2.05) is 0 Å². The Morgan fingerprint density at radius 2 is 2.22 bits per heavy atom. The summed E-state index contributed by atoms with van der Waals surface area (Å²) in [6.07, 6.45) is 5.15. The van der Waals surface area contributed by atoms with Gasteiger partial charge in [-0.2, -0.15) is 4.57 Å². The fraction of sp³-hybridized carbons (Fsp3) is 0.500. The molecule has 2 heterocycles. The van der Waals surface area contributed by atoms with Crippen LogP contribution in [-0.2, 0) is 18.6 Å². The first-order chi connectivity index (χ1) is 12.7. The first-order valence-electron chi connectivity index (χ1n) is 8.12. The van der Waals surface area contributed by atoms with Gasteiger partial charge in [-0.25, -0.2) is 4.57 Å². The van der Waals surface area contributed by atoms with Crippen LogP contribution in [0.1, 0.15) is 29.4 Å². The summed E-state index contributed by atoms with van der Waals surface area (Å²) in [4.78, 5) is 29.2. The Morgan fingerprint density at radius 1 is 1.48 bits per heavy atom. The molecule has 10 nitrogen and oxygen atoms in total. The molecule has 1 fully saturated rings. The van der Waals surface area contributed by atoms with E-state index in [0.717, 1.165) is 0 Å². The number of nitrogens with zero attached hydrogens (tertiary/aromatic N) is 1. The van der Waals surface area contributed by atoms with Crippen molar-refractivity contribution in [1.82, 2.24) is 0 Å². The average Bonchev–Trinajstić information content (AvgIpc) is 2.92. The number of rotatable bonds is 9. The Morgan fingerprint density at radius 3 is 2.85 bits per heavy atom. The van der Waals surface area contributed by atoms with Crippen LogP contribution >= 0.6 is 7.82 Å². The predicted octanol–water partition coefficient (Wildman–Crippen LogP) is -0.761. The lowest BCUT2D eigenvalue weighted by Gasteiger charge is -2.19. The second-order valence-electron chi connectivity index (χ2n) is 5.89. The van der Waals surface area contributed by atoms with E-state index in [1.54, 1.807) is 12.3 Å². The first kappa shape index (κ1) is 21.5.